The topological polar surface area (TPSA) is 59.6 Å². The number of hydrogen-bond donors (Lipinski definition) is 0. The summed E-state index contributed by atoms with van der Waals surface area (Å²) in [6.07, 6.45) is 0. The monoisotopic (exact) mass is 384 g/mol. The van der Waals surface area contributed by atoms with Crippen LogP contribution in [0.4, 0.5) is 0 Å². The van der Waals surface area contributed by atoms with Crippen LogP contribution in [0, 0.1) is 11.8 Å². The second-order valence-electron chi connectivity index (χ2n) is 5.98. The van der Waals surface area contributed by atoms with Crippen LogP contribution in [-0.2, 0) is 13.1 Å². The summed E-state index contributed by atoms with van der Waals surface area (Å²) in [6, 6.07) is 13.2. The van der Waals surface area contributed by atoms with Gasteiger partial charge in [-0.15, -0.1) is 0 Å². The molecule has 1 aliphatic rings. The largest absolute Gasteiger partial charge is 0.298 e. The fraction of sp³-hybridized carbons (Fsp3) is 0.158. The van der Waals surface area contributed by atoms with E-state index in [2.05, 4.69) is 10.2 Å². The van der Waals surface area contributed by atoms with Gasteiger partial charge in [0.25, 0.3) is 0 Å². The van der Waals surface area contributed by atoms with Crippen molar-refractivity contribution in [1.29, 1.82) is 0 Å². The summed E-state index contributed by atoms with van der Waals surface area (Å²) >= 11 is 12.7. The molecular weight excluding hydrogens is 371 g/mol. The molecule has 1 aliphatic heterocycles. The third-order valence-electron chi connectivity index (χ3n) is 4.41. The van der Waals surface area contributed by atoms with Crippen molar-refractivity contribution >= 4 is 28.9 Å². The van der Waals surface area contributed by atoms with E-state index in [0.717, 1.165) is 34.0 Å². The molecule has 0 N–H and O–H groups in total. The maximum Gasteiger partial charge on any atom is 0.125 e. The Labute approximate surface area is 160 Å². The number of nitroso groups, excluding NO2 is 1. The lowest BCUT2D eigenvalue weighted by Crippen LogP contribution is -2.08. The number of aliphatic imine (C=N–C) groups is 1. The number of rotatable bonds is 3. The molecule has 0 bridgehead atoms. The predicted molar refractivity (Wildman–Crippen MR) is 104 cm³/mol. The van der Waals surface area contributed by atoms with E-state index in [1.165, 1.54) is 0 Å². The Morgan fingerprint density at radius 2 is 1.96 bits per heavy atom. The molecule has 0 unspecified atom stereocenters. The van der Waals surface area contributed by atoms with Gasteiger partial charge in [-0.3, -0.25) is 9.56 Å². The van der Waals surface area contributed by atoms with Crippen LogP contribution in [0.5, 0.6) is 0 Å². The lowest BCUT2D eigenvalue weighted by atomic mass is 10.0. The average molecular weight is 385 g/mol. The highest BCUT2D eigenvalue weighted by Gasteiger charge is 2.24. The molecule has 0 atom stereocenters. The summed E-state index contributed by atoms with van der Waals surface area (Å²) in [5.41, 5.74) is 4.87. The summed E-state index contributed by atoms with van der Waals surface area (Å²) in [6.45, 7) is 2.29. The molecular formula is C19H14Cl2N4O. The molecule has 4 rings (SSSR count). The highest BCUT2D eigenvalue weighted by molar-refractivity contribution is 6.36. The van der Waals surface area contributed by atoms with Gasteiger partial charge in [0.05, 0.1) is 29.3 Å². The van der Waals surface area contributed by atoms with Crippen LogP contribution < -0.4 is 0 Å². The number of aromatic nitrogens is 2. The Kier molecular flexibility index (Phi) is 4.34. The third-order valence-corrected chi connectivity index (χ3v) is 4.97. The molecule has 130 valence electrons. The normalized spacial score (nSPS) is 12.8. The Hall–Kier alpha value is -2.50. The van der Waals surface area contributed by atoms with Crippen molar-refractivity contribution in [3.05, 3.63) is 85.8 Å². The minimum absolute atomic E-state index is 0.0169. The molecule has 0 saturated carbocycles. The van der Waals surface area contributed by atoms with Gasteiger partial charge in [0, 0.05) is 21.2 Å². The number of hydrogen-bond acceptors (Lipinski definition) is 4. The zero-order valence-electron chi connectivity index (χ0n) is 13.9. The standard InChI is InChI=1S/C19H14Cl2N4O/c1-11-24-16(9-23-26)18-10-22-19(13-4-2-3-5-15(13)21)14-8-12(20)6-7-17(14)25(11)18/h2-8H,9-10H2,1H3. The third kappa shape index (κ3) is 2.73. The smallest absolute Gasteiger partial charge is 0.125 e. The van der Waals surface area contributed by atoms with Crippen molar-refractivity contribution in [3.8, 4) is 5.69 Å². The number of fused-ring (bicyclic) bond motifs is 3. The molecule has 3 aromatic rings. The zero-order chi connectivity index (χ0) is 18.3. The van der Waals surface area contributed by atoms with E-state index in [4.69, 9.17) is 28.2 Å². The first-order valence-corrected chi connectivity index (χ1v) is 8.81. The first-order valence-electron chi connectivity index (χ1n) is 8.06. The highest BCUT2D eigenvalue weighted by atomic mass is 35.5. The van der Waals surface area contributed by atoms with Crippen LogP contribution in [0.15, 0.2) is 52.6 Å². The maximum atomic E-state index is 10.8. The molecule has 0 aliphatic carbocycles. The predicted octanol–water partition coefficient (Wildman–Crippen LogP) is 5.10. The van der Waals surface area contributed by atoms with E-state index in [0.29, 0.717) is 22.3 Å². The number of benzene rings is 2. The van der Waals surface area contributed by atoms with Crippen LogP contribution in [0.3, 0.4) is 0 Å². The molecule has 7 heteroatoms. The minimum Gasteiger partial charge on any atom is -0.298 e. The molecule has 2 heterocycles. The second kappa shape index (κ2) is 6.67. The maximum absolute atomic E-state index is 10.8. The Morgan fingerprint density at radius 3 is 2.73 bits per heavy atom. The van der Waals surface area contributed by atoms with Gasteiger partial charge in [0.15, 0.2) is 0 Å². The number of imidazole rings is 1. The minimum atomic E-state index is 0.0169. The molecule has 0 spiro atoms. The fourth-order valence-electron chi connectivity index (χ4n) is 3.32. The average Bonchev–Trinajstić information content (AvgIpc) is 2.83. The Morgan fingerprint density at radius 1 is 1.15 bits per heavy atom. The molecule has 26 heavy (non-hydrogen) atoms. The first-order chi connectivity index (χ1) is 12.6. The Balaban J connectivity index is 2.01. The Bertz CT molecular complexity index is 1060. The van der Waals surface area contributed by atoms with Crippen LogP contribution >= 0.6 is 23.2 Å². The molecule has 0 radical (unpaired) electrons. The number of nitrogens with zero attached hydrogens (tertiary/aromatic N) is 4. The van der Waals surface area contributed by atoms with Crippen molar-refractivity contribution in [1.82, 2.24) is 9.55 Å². The fourth-order valence-corrected chi connectivity index (χ4v) is 3.72. The first kappa shape index (κ1) is 16.9. The molecule has 5 nitrogen and oxygen atoms in total. The van der Waals surface area contributed by atoms with Crippen LogP contribution in [0.2, 0.25) is 10.0 Å². The van der Waals surface area contributed by atoms with Crippen molar-refractivity contribution in [3.63, 3.8) is 0 Å². The van der Waals surface area contributed by atoms with Gasteiger partial charge in [-0.1, -0.05) is 46.6 Å². The van der Waals surface area contributed by atoms with Gasteiger partial charge in [-0.05, 0) is 31.2 Å². The van der Waals surface area contributed by atoms with Crippen LogP contribution in [0.1, 0.15) is 28.3 Å². The summed E-state index contributed by atoms with van der Waals surface area (Å²) in [5, 5.41) is 4.23. The summed E-state index contributed by atoms with van der Waals surface area (Å²) in [4.78, 5) is 20.1. The van der Waals surface area contributed by atoms with Crippen molar-refractivity contribution in [2.24, 2.45) is 10.2 Å². The van der Waals surface area contributed by atoms with E-state index in [1.54, 1.807) is 0 Å². The molecule has 2 aromatic carbocycles. The van der Waals surface area contributed by atoms with Gasteiger partial charge in [-0.2, -0.15) is 4.91 Å². The molecule has 0 saturated heterocycles. The summed E-state index contributed by atoms with van der Waals surface area (Å²) < 4.78 is 2.01. The van der Waals surface area contributed by atoms with Gasteiger partial charge in [0.2, 0.25) is 0 Å². The summed E-state index contributed by atoms with van der Waals surface area (Å²) in [7, 11) is 0. The van der Waals surface area contributed by atoms with Crippen molar-refractivity contribution < 1.29 is 0 Å². The molecule has 1 aromatic heterocycles. The van der Waals surface area contributed by atoms with Gasteiger partial charge in [-0.25, -0.2) is 4.98 Å². The van der Waals surface area contributed by atoms with E-state index in [-0.39, 0.29) is 6.54 Å². The van der Waals surface area contributed by atoms with Gasteiger partial charge < -0.3 is 0 Å². The summed E-state index contributed by atoms with van der Waals surface area (Å²) in [5.74, 6) is 0.776. The van der Waals surface area contributed by atoms with Gasteiger partial charge >= 0.3 is 0 Å². The lowest BCUT2D eigenvalue weighted by molar-refractivity contribution is 0.873. The van der Waals surface area contributed by atoms with Crippen molar-refractivity contribution in [2.45, 2.75) is 20.0 Å². The van der Waals surface area contributed by atoms with E-state index in [9.17, 15) is 4.91 Å². The lowest BCUT2D eigenvalue weighted by Gasteiger charge is -2.14. The quantitative estimate of drug-likeness (QED) is 0.589. The zero-order valence-corrected chi connectivity index (χ0v) is 15.4. The van der Waals surface area contributed by atoms with Crippen LogP contribution in [-0.4, -0.2) is 15.3 Å². The number of aryl methyl sites for hydroxylation is 1. The molecule has 0 fully saturated rings. The van der Waals surface area contributed by atoms with Crippen LogP contribution in [0.25, 0.3) is 5.69 Å². The van der Waals surface area contributed by atoms with Crippen molar-refractivity contribution in [2.75, 3.05) is 0 Å². The second-order valence-corrected chi connectivity index (χ2v) is 6.82. The highest BCUT2D eigenvalue weighted by Crippen LogP contribution is 2.32. The van der Waals surface area contributed by atoms with E-state index < -0.39 is 0 Å². The SMILES string of the molecule is Cc1nc(CN=O)c2n1-c1ccc(Cl)cc1C(c1ccccc1Cl)=NC2. The number of halogens is 2. The molecule has 0 amide bonds. The van der Waals surface area contributed by atoms with Gasteiger partial charge in [0.1, 0.15) is 12.4 Å². The van der Waals surface area contributed by atoms with E-state index in [1.807, 2.05) is 54.0 Å². The van der Waals surface area contributed by atoms with E-state index >= 15 is 0 Å².